The Labute approximate surface area is 170 Å². The van der Waals surface area contributed by atoms with Crippen molar-refractivity contribution in [2.45, 2.75) is 32.9 Å². The highest BCUT2D eigenvalue weighted by Crippen LogP contribution is 2.33. The van der Waals surface area contributed by atoms with Crippen molar-refractivity contribution < 1.29 is 4.39 Å². The van der Waals surface area contributed by atoms with Crippen LogP contribution in [0.1, 0.15) is 35.3 Å². The number of anilines is 1. The van der Waals surface area contributed by atoms with Gasteiger partial charge >= 0.3 is 0 Å². The summed E-state index contributed by atoms with van der Waals surface area (Å²) in [6, 6.07) is 17.2. The third-order valence-corrected chi connectivity index (χ3v) is 5.79. The molecule has 0 aliphatic carbocycles. The second kappa shape index (κ2) is 7.76. The monoisotopic (exact) mass is 393 g/mol. The lowest BCUT2D eigenvalue weighted by atomic mass is 10.00. The number of benzene rings is 2. The van der Waals surface area contributed by atoms with Crippen molar-refractivity contribution in [1.82, 2.24) is 9.47 Å². The quantitative estimate of drug-likeness (QED) is 0.610. The molecule has 0 spiro atoms. The van der Waals surface area contributed by atoms with E-state index in [0.29, 0.717) is 5.11 Å². The zero-order valence-corrected chi connectivity index (χ0v) is 17.0. The molecule has 2 heterocycles. The normalized spacial score (nSPS) is 16.0. The maximum atomic E-state index is 13.5. The molecular formula is C23H24FN3S. The molecule has 0 amide bonds. The fourth-order valence-electron chi connectivity index (χ4n) is 3.98. The van der Waals surface area contributed by atoms with E-state index >= 15 is 0 Å². The fourth-order valence-corrected chi connectivity index (χ4v) is 4.28. The van der Waals surface area contributed by atoms with Gasteiger partial charge in [-0.05, 0) is 66.5 Å². The first-order valence-electron chi connectivity index (χ1n) is 9.65. The predicted octanol–water partition coefficient (Wildman–Crippen LogP) is 5.30. The molecule has 0 radical (unpaired) electrons. The second-order valence-electron chi connectivity index (χ2n) is 7.17. The van der Waals surface area contributed by atoms with Gasteiger partial charge in [-0.15, -0.1) is 0 Å². The Balaban J connectivity index is 1.69. The molecule has 1 N–H and O–H groups in total. The van der Waals surface area contributed by atoms with Crippen LogP contribution in [-0.4, -0.2) is 21.1 Å². The molecular weight excluding hydrogens is 369 g/mol. The number of halogens is 1. The summed E-state index contributed by atoms with van der Waals surface area (Å²) in [6.07, 6.45) is 3.03. The van der Waals surface area contributed by atoms with Crippen LogP contribution in [0.2, 0.25) is 0 Å². The molecule has 4 rings (SSSR count). The number of aromatic nitrogens is 1. The van der Waals surface area contributed by atoms with Crippen molar-refractivity contribution in [2.24, 2.45) is 0 Å². The average Bonchev–Trinajstić information content (AvgIpc) is 3.18. The number of hydrogen-bond acceptors (Lipinski definition) is 1. The number of thiocarbonyl (C=S) groups is 1. The molecule has 5 heteroatoms. The Kier molecular flexibility index (Phi) is 5.18. The van der Waals surface area contributed by atoms with Crippen LogP contribution < -0.4 is 5.32 Å². The number of rotatable bonds is 3. The van der Waals surface area contributed by atoms with Crippen molar-refractivity contribution in [2.75, 3.05) is 11.9 Å². The van der Waals surface area contributed by atoms with E-state index in [1.165, 1.54) is 29.0 Å². The molecule has 1 aromatic heterocycles. The van der Waals surface area contributed by atoms with E-state index in [2.05, 4.69) is 65.2 Å². The SMILES string of the molecule is CCc1cccc(C)c1NC(=S)N1CCn2cccc2C1c1ccc(F)cc1. The van der Waals surface area contributed by atoms with Crippen LogP contribution in [0, 0.1) is 12.7 Å². The summed E-state index contributed by atoms with van der Waals surface area (Å²) >= 11 is 5.86. The molecule has 28 heavy (non-hydrogen) atoms. The van der Waals surface area contributed by atoms with E-state index in [1.54, 1.807) is 0 Å². The molecule has 1 aliphatic heterocycles. The van der Waals surface area contributed by atoms with Gasteiger partial charge in [-0.3, -0.25) is 0 Å². The van der Waals surface area contributed by atoms with Gasteiger partial charge in [-0.25, -0.2) is 4.39 Å². The maximum Gasteiger partial charge on any atom is 0.174 e. The highest BCUT2D eigenvalue weighted by Gasteiger charge is 2.30. The van der Waals surface area contributed by atoms with Crippen LogP contribution in [-0.2, 0) is 13.0 Å². The van der Waals surface area contributed by atoms with Crippen molar-refractivity contribution in [3.05, 3.63) is 89.0 Å². The first kappa shape index (κ1) is 18.7. The van der Waals surface area contributed by atoms with E-state index in [4.69, 9.17) is 12.2 Å². The molecule has 1 atom stereocenters. The van der Waals surface area contributed by atoms with Gasteiger partial charge in [-0.2, -0.15) is 0 Å². The van der Waals surface area contributed by atoms with Crippen LogP contribution in [0.25, 0.3) is 0 Å². The smallest absolute Gasteiger partial charge is 0.174 e. The molecule has 2 aromatic carbocycles. The van der Waals surface area contributed by atoms with Gasteiger partial charge in [0.1, 0.15) is 5.82 Å². The first-order valence-corrected chi connectivity index (χ1v) is 10.1. The van der Waals surface area contributed by atoms with E-state index in [-0.39, 0.29) is 11.9 Å². The van der Waals surface area contributed by atoms with Gasteiger partial charge in [0.15, 0.2) is 5.11 Å². The number of nitrogens with zero attached hydrogens (tertiary/aromatic N) is 2. The first-order chi connectivity index (χ1) is 13.6. The Morgan fingerprint density at radius 1 is 1.11 bits per heavy atom. The summed E-state index contributed by atoms with van der Waals surface area (Å²) in [5, 5.41) is 4.21. The number of hydrogen-bond donors (Lipinski definition) is 1. The highest BCUT2D eigenvalue weighted by atomic mass is 32.1. The van der Waals surface area contributed by atoms with Gasteiger partial charge in [0.25, 0.3) is 0 Å². The number of aryl methyl sites for hydroxylation is 2. The van der Waals surface area contributed by atoms with Crippen LogP contribution >= 0.6 is 12.2 Å². The number of nitrogens with one attached hydrogen (secondary N) is 1. The van der Waals surface area contributed by atoms with Gasteiger partial charge in [-0.1, -0.05) is 37.3 Å². The van der Waals surface area contributed by atoms with Gasteiger partial charge in [0, 0.05) is 30.7 Å². The maximum absolute atomic E-state index is 13.5. The summed E-state index contributed by atoms with van der Waals surface area (Å²) in [7, 11) is 0. The molecule has 3 nitrogen and oxygen atoms in total. The zero-order valence-electron chi connectivity index (χ0n) is 16.2. The number of fused-ring (bicyclic) bond motifs is 1. The second-order valence-corrected chi connectivity index (χ2v) is 7.55. The average molecular weight is 394 g/mol. The lowest BCUT2D eigenvalue weighted by Crippen LogP contribution is -2.44. The van der Waals surface area contributed by atoms with Gasteiger partial charge < -0.3 is 14.8 Å². The molecule has 0 saturated carbocycles. The lowest BCUT2D eigenvalue weighted by molar-refractivity contribution is 0.293. The largest absolute Gasteiger partial charge is 0.348 e. The standard InChI is InChI=1S/C23H24FN3S/c1-3-17-7-4-6-16(2)21(17)25-23(28)27-15-14-26-13-5-8-20(26)22(27)18-9-11-19(24)12-10-18/h4-13,22H,3,14-15H2,1-2H3,(H,25,28). The molecule has 0 fully saturated rings. The molecule has 3 aromatic rings. The van der Waals surface area contributed by atoms with Crippen molar-refractivity contribution in [3.63, 3.8) is 0 Å². The summed E-state index contributed by atoms with van der Waals surface area (Å²) in [5.41, 5.74) is 5.73. The van der Waals surface area contributed by atoms with E-state index in [0.717, 1.165) is 30.8 Å². The summed E-state index contributed by atoms with van der Waals surface area (Å²) in [5.74, 6) is -0.227. The van der Waals surface area contributed by atoms with E-state index < -0.39 is 0 Å². The van der Waals surface area contributed by atoms with Crippen molar-refractivity contribution in [1.29, 1.82) is 0 Å². The van der Waals surface area contributed by atoms with Gasteiger partial charge in [0.05, 0.1) is 6.04 Å². The highest BCUT2D eigenvalue weighted by molar-refractivity contribution is 7.80. The van der Waals surface area contributed by atoms with E-state index in [9.17, 15) is 4.39 Å². The third kappa shape index (κ3) is 3.42. The van der Waals surface area contributed by atoms with Gasteiger partial charge in [0.2, 0.25) is 0 Å². The molecule has 1 unspecified atom stereocenters. The summed E-state index contributed by atoms with van der Waals surface area (Å²) in [6.45, 7) is 5.92. The Morgan fingerprint density at radius 2 is 1.89 bits per heavy atom. The number of para-hydroxylation sites is 1. The van der Waals surface area contributed by atoms with Crippen molar-refractivity contribution in [3.8, 4) is 0 Å². The predicted molar refractivity (Wildman–Crippen MR) is 116 cm³/mol. The lowest BCUT2D eigenvalue weighted by Gasteiger charge is -2.39. The van der Waals surface area contributed by atoms with Crippen LogP contribution in [0.4, 0.5) is 10.1 Å². The van der Waals surface area contributed by atoms with E-state index in [1.807, 2.05) is 12.1 Å². The van der Waals surface area contributed by atoms with Crippen LogP contribution in [0.3, 0.4) is 0 Å². The minimum atomic E-state index is -0.227. The molecule has 0 bridgehead atoms. The molecule has 1 aliphatic rings. The minimum Gasteiger partial charge on any atom is -0.348 e. The van der Waals surface area contributed by atoms with Crippen LogP contribution in [0.5, 0.6) is 0 Å². The topological polar surface area (TPSA) is 20.2 Å². The Bertz CT molecular complexity index is 993. The Hall–Kier alpha value is -2.66. The molecule has 144 valence electrons. The minimum absolute atomic E-state index is 0.0431. The summed E-state index contributed by atoms with van der Waals surface area (Å²) in [4.78, 5) is 2.21. The molecule has 0 saturated heterocycles. The Morgan fingerprint density at radius 3 is 2.64 bits per heavy atom. The third-order valence-electron chi connectivity index (χ3n) is 5.46. The fraction of sp³-hybridized carbons (Fsp3) is 0.261. The van der Waals surface area contributed by atoms with Crippen LogP contribution in [0.15, 0.2) is 60.8 Å². The zero-order chi connectivity index (χ0) is 19.7. The van der Waals surface area contributed by atoms with Crippen molar-refractivity contribution >= 4 is 23.0 Å². The summed E-state index contributed by atoms with van der Waals surface area (Å²) < 4.78 is 15.8.